The first-order valence-corrected chi connectivity index (χ1v) is 12.4. The summed E-state index contributed by atoms with van der Waals surface area (Å²) >= 11 is 0. The van der Waals surface area contributed by atoms with Crippen molar-refractivity contribution in [1.82, 2.24) is 15.5 Å². The molecule has 2 aliphatic rings. The summed E-state index contributed by atoms with van der Waals surface area (Å²) < 4.78 is 23.8. The fraction of sp³-hybridized carbons (Fsp3) is 0.950. The molecule has 0 radical (unpaired) electrons. The molecule has 0 bridgehead atoms. The quantitative estimate of drug-likeness (QED) is 0.529. The first-order valence-electron chi connectivity index (χ1n) is 10.7. The second kappa shape index (κ2) is 10.1. The number of rotatable bonds is 6. The highest BCUT2D eigenvalue weighted by atomic mass is 32.2. The van der Waals surface area contributed by atoms with Crippen LogP contribution in [0.3, 0.4) is 0 Å². The zero-order valence-corrected chi connectivity index (χ0v) is 18.6. The predicted molar refractivity (Wildman–Crippen MR) is 114 cm³/mol. The van der Waals surface area contributed by atoms with Crippen molar-refractivity contribution in [3.05, 3.63) is 0 Å². The molecular weight excluding hydrogens is 360 g/mol. The van der Waals surface area contributed by atoms with Crippen LogP contribution in [0, 0.1) is 0 Å². The van der Waals surface area contributed by atoms with Gasteiger partial charge in [-0.2, -0.15) is 0 Å². The van der Waals surface area contributed by atoms with Gasteiger partial charge in [-0.3, -0.25) is 9.89 Å². The number of likely N-dealkylation sites (tertiary alicyclic amines) is 1. The fourth-order valence-electron chi connectivity index (χ4n) is 4.00. The largest absolute Gasteiger partial charge is 0.357 e. The second-order valence-electron chi connectivity index (χ2n) is 8.96. The van der Waals surface area contributed by atoms with Gasteiger partial charge >= 0.3 is 0 Å². The summed E-state index contributed by atoms with van der Waals surface area (Å²) in [5.41, 5.74) is 0. The number of nitrogens with zero attached hydrogens (tertiary/aromatic N) is 2. The van der Waals surface area contributed by atoms with Gasteiger partial charge in [0.05, 0.1) is 17.0 Å². The van der Waals surface area contributed by atoms with Gasteiger partial charge in [0.2, 0.25) is 0 Å². The van der Waals surface area contributed by atoms with E-state index in [1.165, 1.54) is 45.1 Å². The van der Waals surface area contributed by atoms with Crippen molar-refractivity contribution < 1.29 is 8.42 Å². The van der Waals surface area contributed by atoms with Gasteiger partial charge in [-0.05, 0) is 59.9 Å². The van der Waals surface area contributed by atoms with E-state index in [4.69, 9.17) is 0 Å². The maximum atomic E-state index is 12.3. The van der Waals surface area contributed by atoms with Crippen LogP contribution in [0.2, 0.25) is 0 Å². The first-order chi connectivity index (χ1) is 12.7. The third kappa shape index (κ3) is 6.93. The number of aliphatic imine (C=N–C) groups is 1. The zero-order chi connectivity index (χ0) is 19.9. The van der Waals surface area contributed by atoms with E-state index in [0.29, 0.717) is 12.6 Å². The molecular formula is C20H40N4O2S. The topological polar surface area (TPSA) is 73.8 Å². The lowest BCUT2D eigenvalue weighted by Gasteiger charge is -2.40. The van der Waals surface area contributed by atoms with E-state index in [1.807, 2.05) is 6.92 Å². The van der Waals surface area contributed by atoms with E-state index in [0.717, 1.165) is 31.5 Å². The van der Waals surface area contributed by atoms with E-state index in [1.54, 1.807) is 20.8 Å². The Kier molecular flexibility index (Phi) is 8.40. The molecule has 1 atom stereocenters. The van der Waals surface area contributed by atoms with Crippen LogP contribution in [0.5, 0.6) is 0 Å². The molecule has 0 aromatic rings. The Hall–Kier alpha value is -0.820. The summed E-state index contributed by atoms with van der Waals surface area (Å²) in [6.45, 7) is 10.6. The van der Waals surface area contributed by atoms with Crippen molar-refractivity contribution in [3.8, 4) is 0 Å². The molecule has 2 fully saturated rings. The Morgan fingerprint density at radius 3 is 2.44 bits per heavy atom. The van der Waals surface area contributed by atoms with Crippen LogP contribution in [0.15, 0.2) is 4.99 Å². The van der Waals surface area contributed by atoms with Gasteiger partial charge in [-0.15, -0.1) is 0 Å². The number of hydrogen-bond donors (Lipinski definition) is 2. The van der Waals surface area contributed by atoms with Crippen LogP contribution in [0.1, 0.15) is 72.6 Å². The summed E-state index contributed by atoms with van der Waals surface area (Å²) in [5, 5.41) is 6.83. The van der Waals surface area contributed by atoms with E-state index in [9.17, 15) is 8.42 Å². The Morgan fingerprint density at radius 2 is 1.81 bits per heavy atom. The third-order valence-corrected chi connectivity index (χ3v) is 8.38. The van der Waals surface area contributed by atoms with Crippen molar-refractivity contribution in [2.75, 3.05) is 31.9 Å². The van der Waals surface area contributed by atoms with Gasteiger partial charge in [0.15, 0.2) is 15.8 Å². The monoisotopic (exact) mass is 400 g/mol. The van der Waals surface area contributed by atoms with Gasteiger partial charge < -0.3 is 10.6 Å². The van der Waals surface area contributed by atoms with Gasteiger partial charge in [0.1, 0.15) is 0 Å². The van der Waals surface area contributed by atoms with Gasteiger partial charge in [-0.25, -0.2) is 8.42 Å². The van der Waals surface area contributed by atoms with Crippen molar-refractivity contribution in [1.29, 1.82) is 0 Å². The number of sulfone groups is 1. The van der Waals surface area contributed by atoms with Gasteiger partial charge in [0, 0.05) is 25.2 Å². The van der Waals surface area contributed by atoms with Crippen LogP contribution in [-0.4, -0.2) is 68.0 Å². The van der Waals surface area contributed by atoms with Gasteiger partial charge in [-0.1, -0.05) is 19.3 Å². The normalized spacial score (nSPS) is 24.0. The number of piperidine rings is 1. The summed E-state index contributed by atoms with van der Waals surface area (Å²) in [6, 6.07) is 1.14. The lowest BCUT2D eigenvalue weighted by Crippen LogP contribution is -2.53. The van der Waals surface area contributed by atoms with Crippen molar-refractivity contribution >= 4 is 15.8 Å². The molecule has 1 saturated carbocycles. The minimum atomic E-state index is -3.14. The van der Waals surface area contributed by atoms with Crippen LogP contribution >= 0.6 is 0 Å². The molecule has 1 heterocycles. The Labute approximate surface area is 166 Å². The molecule has 6 nitrogen and oxygen atoms in total. The molecule has 2 N–H and O–H groups in total. The molecule has 27 heavy (non-hydrogen) atoms. The Bertz CT molecular complexity index is 577. The van der Waals surface area contributed by atoms with Crippen molar-refractivity contribution in [2.24, 2.45) is 4.99 Å². The molecule has 0 aromatic heterocycles. The fourth-order valence-corrected chi connectivity index (χ4v) is 4.94. The molecule has 1 aliphatic heterocycles. The lowest BCUT2D eigenvalue weighted by molar-refractivity contribution is 0.115. The molecule has 7 heteroatoms. The van der Waals surface area contributed by atoms with Crippen LogP contribution in [-0.2, 0) is 9.84 Å². The SMILES string of the molecule is CCNC(=NCCS(=O)(=O)C(C)(C)C)NC1CCCN(C2CCCCC2)C1. The summed E-state index contributed by atoms with van der Waals surface area (Å²) in [6.07, 6.45) is 9.16. The first kappa shape index (κ1) is 22.5. The van der Waals surface area contributed by atoms with Crippen LogP contribution in [0.25, 0.3) is 0 Å². The zero-order valence-electron chi connectivity index (χ0n) is 17.8. The lowest BCUT2D eigenvalue weighted by atomic mass is 9.92. The maximum Gasteiger partial charge on any atom is 0.191 e. The summed E-state index contributed by atoms with van der Waals surface area (Å²) in [7, 11) is -3.14. The average molecular weight is 401 g/mol. The minimum Gasteiger partial charge on any atom is -0.357 e. The van der Waals surface area contributed by atoms with Gasteiger partial charge in [0.25, 0.3) is 0 Å². The highest BCUT2D eigenvalue weighted by Crippen LogP contribution is 2.25. The predicted octanol–water partition coefficient (Wildman–Crippen LogP) is 2.55. The molecule has 1 aliphatic carbocycles. The summed E-state index contributed by atoms with van der Waals surface area (Å²) in [5.74, 6) is 0.837. The van der Waals surface area contributed by atoms with Crippen molar-refractivity contribution in [3.63, 3.8) is 0 Å². The molecule has 1 unspecified atom stereocenters. The molecule has 2 rings (SSSR count). The average Bonchev–Trinajstić information content (AvgIpc) is 2.62. The highest BCUT2D eigenvalue weighted by Gasteiger charge is 2.29. The maximum absolute atomic E-state index is 12.3. The summed E-state index contributed by atoms with van der Waals surface area (Å²) in [4.78, 5) is 7.20. The van der Waals surface area contributed by atoms with Crippen LogP contribution in [0.4, 0.5) is 0 Å². The third-order valence-electron chi connectivity index (χ3n) is 5.79. The van der Waals surface area contributed by atoms with E-state index >= 15 is 0 Å². The molecule has 0 amide bonds. The van der Waals surface area contributed by atoms with E-state index in [2.05, 4.69) is 20.5 Å². The van der Waals surface area contributed by atoms with Crippen LogP contribution < -0.4 is 10.6 Å². The number of guanidine groups is 1. The molecule has 0 aromatic carbocycles. The van der Waals surface area contributed by atoms with E-state index in [-0.39, 0.29) is 5.75 Å². The molecule has 1 saturated heterocycles. The molecule has 0 spiro atoms. The second-order valence-corrected chi connectivity index (χ2v) is 11.8. The smallest absolute Gasteiger partial charge is 0.191 e. The molecule has 158 valence electrons. The van der Waals surface area contributed by atoms with Crippen molar-refractivity contribution in [2.45, 2.75) is 89.5 Å². The highest BCUT2D eigenvalue weighted by molar-refractivity contribution is 7.92. The standard InChI is InChI=1S/C20H40N4O2S/c1-5-21-19(22-13-15-27(25,26)20(2,3)4)23-17-10-9-14-24(16-17)18-11-7-6-8-12-18/h17-18H,5-16H2,1-4H3,(H2,21,22,23). The number of hydrogen-bond acceptors (Lipinski definition) is 4. The van der Waals surface area contributed by atoms with E-state index < -0.39 is 14.6 Å². The number of nitrogens with one attached hydrogen (secondary N) is 2. The Morgan fingerprint density at radius 1 is 1.11 bits per heavy atom. The minimum absolute atomic E-state index is 0.0892. The Balaban J connectivity index is 1.90.